The predicted octanol–water partition coefficient (Wildman–Crippen LogP) is 2.86. The first-order valence-electron chi connectivity index (χ1n) is 7.07. The molecule has 0 radical (unpaired) electrons. The highest BCUT2D eigenvalue weighted by Crippen LogP contribution is 2.30. The van der Waals surface area contributed by atoms with Gasteiger partial charge in [-0.05, 0) is 17.7 Å². The van der Waals surface area contributed by atoms with E-state index in [2.05, 4.69) is 11.0 Å². The normalized spacial score (nSPS) is 14.0. The third-order valence-corrected chi connectivity index (χ3v) is 3.63. The van der Waals surface area contributed by atoms with Crippen LogP contribution in [-0.4, -0.2) is 12.2 Å². The van der Waals surface area contributed by atoms with Gasteiger partial charge in [-0.2, -0.15) is 0 Å². The first-order chi connectivity index (χ1) is 10.7. The number of benzene rings is 2. The quantitative estimate of drug-likeness (QED) is 0.599. The van der Waals surface area contributed by atoms with E-state index in [9.17, 15) is 5.11 Å². The van der Waals surface area contributed by atoms with E-state index in [-0.39, 0.29) is 0 Å². The van der Waals surface area contributed by atoms with Gasteiger partial charge < -0.3 is 20.9 Å². The molecule has 1 aliphatic heterocycles. The van der Waals surface area contributed by atoms with Gasteiger partial charge in [0, 0.05) is 29.5 Å². The molecule has 0 bridgehead atoms. The standard InChI is InChI=1S/C18H18N2O2/c1-22-11-12-5-7-13(8-6-12)16-10-9-14-15(18(19)21)3-2-4-17(14)20-16/h2-9,18,20-21H,11,19H2,1H3. The molecule has 2 aromatic rings. The van der Waals surface area contributed by atoms with Crippen molar-refractivity contribution >= 4 is 17.5 Å². The topological polar surface area (TPSA) is 67.5 Å². The van der Waals surface area contributed by atoms with Crippen LogP contribution < -0.4 is 11.1 Å². The monoisotopic (exact) mass is 294 g/mol. The van der Waals surface area contributed by atoms with Gasteiger partial charge in [0.1, 0.15) is 6.23 Å². The fraction of sp³-hybridized carbons (Fsp3) is 0.167. The molecule has 4 nitrogen and oxygen atoms in total. The number of fused-ring (bicyclic) bond motifs is 1. The summed E-state index contributed by atoms with van der Waals surface area (Å²) in [5.41, 5.74) is 14.3. The molecule has 22 heavy (non-hydrogen) atoms. The van der Waals surface area contributed by atoms with Crippen molar-refractivity contribution in [2.75, 3.05) is 12.4 Å². The molecular formula is C18H18N2O2. The van der Waals surface area contributed by atoms with E-state index in [0.717, 1.165) is 28.1 Å². The fourth-order valence-corrected chi connectivity index (χ4v) is 2.52. The second-order valence-electron chi connectivity index (χ2n) is 5.17. The number of methoxy groups -OCH3 is 1. The zero-order valence-corrected chi connectivity index (χ0v) is 12.3. The smallest absolute Gasteiger partial charge is 0.129 e. The Morgan fingerprint density at radius 1 is 1.23 bits per heavy atom. The van der Waals surface area contributed by atoms with Crippen LogP contribution in [0.5, 0.6) is 0 Å². The van der Waals surface area contributed by atoms with Gasteiger partial charge in [-0.3, -0.25) is 0 Å². The van der Waals surface area contributed by atoms with Gasteiger partial charge >= 0.3 is 0 Å². The number of hydrogen-bond acceptors (Lipinski definition) is 4. The summed E-state index contributed by atoms with van der Waals surface area (Å²) in [6.45, 7) is 0.600. The lowest BCUT2D eigenvalue weighted by Gasteiger charge is -2.19. The number of nitrogens with two attached hydrogens (primary N) is 1. The molecule has 0 spiro atoms. The summed E-state index contributed by atoms with van der Waals surface area (Å²) < 4.78 is 5.12. The van der Waals surface area contributed by atoms with Crippen molar-refractivity contribution in [2.45, 2.75) is 12.8 Å². The van der Waals surface area contributed by atoms with E-state index in [4.69, 9.17) is 10.5 Å². The summed E-state index contributed by atoms with van der Waals surface area (Å²) >= 11 is 0. The Kier molecular flexibility index (Phi) is 4.09. The molecule has 1 unspecified atom stereocenters. The maximum atomic E-state index is 9.63. The van der Waals surface area contributed by atoms with Crippen molar-refractivity contribution in [3.8, 4) is 0 Å². The summed E-state index contributed by atoms with van der Waals surface area (Å²) in [5.74, 6) is 0. The summed E-state index contributed by atoms with van der Waals surface area (Å²) in [6.07, 6.45) is 0.861. The minimum absolute atomic E-state index is 0.600. The molecule has 0 saturated carbocycles. The number of rotatable bonds is 4. The lowest BCUT2D eigenvalue weighted by molar-refractivity contribution is 0.185. The molecule has 112 valence electrons. The van der Waals surface area contributed by atoms with Crippen LogP contribution in [0.15, 0.2) is 48.2 Å². The number of aliphatic hydroxyl groups excluding tert-OH is 1. The lowest BCUT2D eigenvalue weighted by atomic mass is 10.00. The molecule has 2 aromatic carbocycles. The molecule has 0 saturated heterocycles. The summed E-state index contributed by atoms with van der Waals surface area (Å²) in [4.78, 5) is 0. The lowest BCUT2D eigenvalue weighted by Crippen LogP contribution is -2.12. The number of hydrogen-bond donors (Lipinski definition) is 3. The molecular weight excluding hydrogens is 276 g/mol. The van der Waals surface area contributed by atoms with Crippen LogP contribution in [0.2, 0.25) is 0 Å². The predicted molar refractivity (Wildman–Crippen MR) is 87.8 cm³/mol. The number of anilines is 1. The zero-order chi connectivity index (χ0) is 15.5. The van der Waals surface area contributed by atoms with Crippen molar-refractivity contribution < 1.29 is 9.84 Å². The third kappa shape index (κ3) is 2.82. The van der Waals surface area contributed by atoms with Crippen LogP contribution in [0.3, 0.4) is 0 Å². The number of nitrogens with one attached hydrogen (secondary N) is 1. The Morgan fingerprint density at radius 3 is 2.68 bits per heavy atom. The highest BCUT2D eigenvalue weighted by atomic mass is 16.5. The van der Waals surface area contributed by atoms with Gasteiger partial charge in [0.15, 0.2) is 0 Å². The van der Waals surface area contributed by atoms with Gasteiger partial charge in [-0.1, -0.05) is 42.1 Å². The second kappa shape index (κ2) is 6.18. The minimum Gasteiger partial charge on any atom is -0.380 e. The molecule has 3 rings (SSSR count). The largest absolute Gasteiger partial charge is 0.380 e. The van der Waals surface area contributed by atoms with Crippen LogP contribution in [0.1, 0.15) is 28.5 Å². The molecule has 1 heterocycles. The fourth-order valence-electron chi connectivity index (χ4n) is 2.52. The van der Waals surface area contributed by atoms with Crippen molar-refractivity contribution in [3.05, 3.63) is 70.4 Å². The SMILES string of the molecule is COCc1ccc(C2=C=Cc3c(cccc3C(N)O)N2)cc1. The van der Waals surface area contributed by atoms with E-state index >= 15 is 0 Å². The van der Waals surface area contributed by atoms with Gasteiger partial charge in [0.25, 0.3) is 0 Å². The molecule has 0 aliphatic carbocycles. The average molecular weight is 294 g/mol. The highest BCUT2D eigenvalue weighted by Gasteiger charge is 2.14. The van der Waals surface area contributed by atoms with Crippen molar-refractivity contribution in [2.24, 2.45) is 5.73 Å². The maximum Gasteiger partial charge on any atom is 0.129 e. The minimum atomic E-state index is -0.996. The van der Waals surface area contributed by atoms with Crippen LogP contribution in [0.25, 0.3) is 11.8 Å². The van der Waals surface area contributed by atoms with Crippen LogP contribution in [0, 0.1) is 0 Å². The molecule has 0 amide bonds. The summed E-state index contributed by atoms with van der Waals surface area (Å²) in [6, 6.07) is 13.8. The molecule has 1 atom stereocenters. The van der Waals surface area contributed by atoms with Crippen LogP contribution in [0.4, 0.5) is 5.69 Å². The molecule has 4 N–H and O–H groups in total. The number of aliphatic hydroxyl groups is 1. The molecule has 4 heteroatoms. The van der Waals surface area contributed by atoms with E-state index in [0.29, 0.717) is 12.2 Å². The Bertz CT molecular complexity index is 742. The van der Waals surface area contributed by atoms with Crippen molar-refractivity contribution in [3.63, 3.8) is 0 Å². The van der Waals surface area contributed by atoms with Gasteiger partial charge in [0.05, 0.1) is 12.3 Å². The summed E-state index contributed by atoms with van der Waals surface area (Å²) in [7, 11) is 1.68. The van der Waals surface area contributed by atoms with Gasteiger partial charge in [-0.25, -0.2) is 0 Å². The van der Waals surface area contributed by atoms with Gasteiger partial charge in [0.2, 0.25) is 0 Å². The van der Waals surface area contributed by atoms with Crippen LogP contribution >= 0.6 is 0 Å². The molecule has 0 fully saturated rings. The third-order valence-electron chi connectivity index (χ3n) is 3.63. The highest BCUT2D eigenvalue weighted by molar-refractivity contribution is 5.87. The Labute approximate surface area is 129 Å². The Morgan fingerprint density at radius 2 is 2.00 bits per heavy atom. The first-order valence-corrected chi connectivity index (χ1v) is 7.07. The van der Waals surface area contributed by atoms with Gasteiger partial charge in [-0.15, -0.1) is 0 Å². The first kappa shape index (κ1) is 14.6. The van der Waals surface area contributed by atoms with E-state index in [1.807, 2.05) is 48.5 Å². The van der Waals surface area contributed by atoms with Crippen molar-refractivity contribution in [1.29, 1.82) is 0 Å². The van der Waals surface area contributed by atoms with Crippen LogP contribution in [-0.2, 0) is 11.3 Å². The Balaban J connectivity index is 1.94. The summed E-state index contributed by atoms with van der Waals surface area (Å²) in [5, 5.41) is 13.0. The molecule has 1 aliphatic rings. The van der Waals surface area contributed by atoms with E-state index in [1.165, 1.54) is 0 Å². The average Bonchev–Trinajstić information content (AvgIpc) is 2.54. The van der Waals surface area contributed by atoms with E-state index < -0.39 is 6.23 Å². The Hall–Kier alpha value is -2.36. The second-order valence-corrected chi connectivity index (χ2v) is 5.17. The maximum absolute atomic E-state index is 9.63. The molecule has 0 aromatic heterocycles. The number of ether oxygens (including phenoxy) is 1. The zero-order valence-electron chi connectivity index (χ0n) is 12.3. The van der Waals surface area contributed by atoms with Crippen molar-refractivity contribution in [1.82, 2.24) is 0 Å². The van der Waals surface area contributed by atoms with E-state index in [1.54, 1.807) is 7.11 Å².